The van der Waals surface area contributed by atoms with E-state index in [1.165, 1.54) is 14.0 Å². The van der Waals surface area contributed by atoms with E-state index >= 15 is 0 Å². The third-order valence-electron chi connectivity index (χ3n) is 3.25. The predicted molar refractivity (Wildman–Crippen MR) is 83.8 cm³/mol. The number of rotatable bonds is 7. The van der Waals surface area contributed by atoms with Gasteiger partial charge in [0.05, 0.1) is 7.11 Å². The molecule has 0 heterocycles. The molecular weight excluding hydrogens is 300 g/mol. The van der Waals surface area contributed by atoms with Gasteiger partial charge in [0, 0.05) is 5.56 Å². The lowest BCUT2D eigenvalue weighted by Gasteiger charge is -2.22. The van der Waals surface area contributed by atoms with E-state index in [2.05, 4.69) is 5.32 Å². The maximum atomic E-state index is 12.2. The number of carbonyl (C=O) groups is 3. The van der Waals surface area contributed by atoms with E-state index in [1.54, 1.807) is 38.1 Å². The van der Waals surface area contributed by atoms with Crippen molar-refractivity contribution in [3.05, 3.63) is 29.8 Å². The standard InChI is InChI=1S/C16H22N2O5/c1-9(2)13(16(21)23-10(3)14(17)19)18-15(20)11-5-7-12(22-4)8-6-11/h5-10,13H,1-4H3,(H2,17,19)(H,18,20)/t10-,13+/m1/s1. The largest absolute Gasteiger partial charge is 0.497 e. The van der Waals surface area contributed by atoms with Gasteiger partial charge in [-0.1, -0.05) is 13.8 Å². The van der Waals surface area contributed by atoms with Crippen LogP contribution in [0, 0.1) is 5.92 Å². The SMILES string of the molecule is COc1ccc(C(=O)N[C@H](C(=O)O[C@H](C)C(N)=O)C(C)C)cc1. The molecule has 23 heavy (non-hydrogen) atoms. The van der Waals surface area contributed by atoms with Gasteiger partial charge in [-0.25, -0.2) is 4.79 Å². The van der Waals surface area contributed by atoms with Gasteiger partial charge in [0.25, 0.3) is 11.8 Å². The van der Waals surface area contributed by atoms with Crippen LogP contribution in [0.1, 0.15) is 31.1 Å². The Labute approximate surface area is 135 Å². The number of nitrogens with two attached hydrogens (primary N) is 1. The molecule has 0 aliphatic carbocycles. The van der Waals surface area contributed by atoms with Gasteiger partial charge in [0.2, 0.25) is 0 Å². The first-order valence-corrected chi connectivity index (χ1v) is 7.21. The summed E-state index contributed by atoms with van der Waals surface area (Å²) in [5.74, 6) is -1.47. The van der Waals surface area contributed by atoms with Crippen LogP contribution in [0.15, 0.2) is 24.3 Å². The molecule has 0 radical (unpaired) electrons. The quantitative estimate of drug-likeness (QED) is 0.724. The molecule has 1 aromatic carbocycles. The van der Waals surface area contributed by atoms with E-state index in [1.807, 2.05) is 0 Å². The molecule has 7 nitrogen and oxygen atoms in total. The molecule has 7 heteroatoms. The molecule has 0 bridgehead atoms. The normalized spacial score (nSPS) is 13.1. The zero-order chi connectivity index (χ0) is 17.6. The highest BCUT2D eigenvalue weighted by atomic mass is 16.5. The molecule has 126 valence electrons. The molecule has 0 aliphatic rings. The second-order valence-corrected chi connectivity index (χ2v) is 5.41. The van der Waals surface area contributed by atoms with Crippen LogP contribution >= 0.6 is 0 Å². The lowest BCUT2D eigenvalue weighted by atomic mass is 10.0. The van der Waals surface area contributed by atoms with Gasteiger partial charge in [0.15, 0.2) is 6.10 Å². The summed E-state index contributed by atoms with van der Waals surface area (Å²) in [6.07, 6.45) is -1.05. The second-order valence-electron chi connectivity index (χ2n) is 5.41. The number of nitrogens with one attached hydrogen (secondary N) is 1. The van der Waals surface area contributed by atoms with Crippen molar-refractivity contribution in [1.82, 2.24) is 5.32 Å². The predicted octanol–water partition coefficient (Wildman–Crippen LogP) is 0.867. The fourth-order valence-electron chi connectivity index (χ4n) is 1.77. The van der Waals surface area contributed by atoms with E-state index in [0.717, 1.165) is 0 Å². The topological polar surface area (TPSA) is 108 Å². The van der Waals surface area contributed by atoms with Gasteiger partial charge in [-0.3, -0.25) is 9.59 Å². The van der Waals surface area contributed by atoms with Gasteiger partial charge in [0.1, 0.15) is 11.8 Å². The van der Waals surface area contributed by atoms with Crippen LogP contribution in [-0.2, 0) is 14.3 Å². The summed E-state index contributed by atoms with van der Waals surface area (Å²) in [4.78, 5) is 35.3. The van der Waals surface area contributed by atoms with Gasteiger partial charge < -0.3 is 20.5 Å². The molecule has 0 saturated carbocycles. The van der Waals surface area contributed by atoms with Crippen LogP contribution in [0.2, 0.25) is 0 Å². The Hall–Kier alpha value is -2.57. The second kappa shape index (κ2) is 8.17. The summed E-state index contributed by atoms with van der Waals surface area (Å²) in [7, 11) is 1.53. The molecule has 0 aromatic heterocycles. The van der Waals surface area contributed by atoms with Crippen molar-refractivity contribution in [3.63, 3.8) is 0 Å². The summed E-state index contributed by atoms with van der Waals surface area (Å²) in [5.41, 5.74) is 5.45. The van der Waals surface area contributed by atoms with Gasteiger partial charge in [-0.2, -0.15) is 0 Å². The molecule has 1 rings (SSSR count). The van der Waals surface area contributed by atoms with Crippen molar-refractivity contribution in [1.29, 1.82) is 0 Å². The number of ether oxygens (including phenoxy) is 2. The monoisotopic (exact) mass is 322 g/mol. The lowest BCUT2D eigenvalue weighted by Crippen LogP contribution is -2.47. The van der Waals surface area contributed by atoms with Crippen molar-refractivity contribution in [2.24, 2.45) is 11.7 Å². The van der Waals surface area contributed by atoms with E-state index in [0.29, 0.717) is 11.3 Å². The van der Waals surface area contributed by atoms with Gasteiger partial charge >= 0.3 is 5.97 Å². The van der Waals surface area contributed by atoms with Crippen LogP contribution < -0.4 is 15.8 Å². The van der Waals surface area contributed by atoms with Crippen molar-refractivity contribution in [2.75, 3.05) is 7.11 Å². The molecule has 3 N–H and O–H groups in total. The van der Waals surface area contributed by atoms with Crippen molar-refractivity contribution >= 4 is 17.8 Å². The number of benzene rings is 1. The molecule has 0 spiro atoms. The minimum Gasteiger partial charge on any atom is -0.497 e. The molecule has 0 fully saturated rings. The molecule has 0 unspecified atom stereocenters. The first kappa shape index (κ1) is 18.5. The van der Waals surface area contributed by atoms with Crippen molar-refractivity contribution in [2.45, 2.75) is 32.9 Å². The van der Waals surface area contributed by atoms with Crippen LogP contribution in [0.4, 0.5) is 0 Å². The molecule has 1 aromatic rings. The van der Waals surface area contributed by atoms with Gasteiger partial charge in [-0.05, 0) is 37.1 Å². The highest BCUT2D eigenvalue weighted by Crippen LogP contribution is 2.12. The Kier molecular flexibility index (Phi) is 6.56. The Balaban J connectivity index is 2.80. The third-order valence-corrected chi connectivity index (χ3v) is 3.25. The van der Waals surface area contributed by atoms with E-state index in [4.69, 9.17) is 15.2 Å². The molecule has 0 aliphatic heterocycles. The van der Waals surface area contributed by atoms with E-state index < -0.39 is 29.9 Å². The van der Waals surface area contributed by atoms with Crippen LogP contribution in [0.25, 0.3) is 0 Å². The van der Waals surface area contributed by atoms with Crippen LogP contribution in [0.5, 0.6) is 5.75 Å². The molecular formula is C16H22N2O5. The minimum absolute atomic E-state index is 0.218. The average Bonchev–Trinajstić information content (AvgIpc) is 2.51. The van der Waals surface area contributed by atoms with Crippen LogP contribution in [0.3, 0.4) is 0 Å². The van der Waals surface area contributed by atoms with Gasteiger partial charge in [-0.15, -0.1) is 0 Å². The summed E-state index contributed by atoms with van der Waals surface area (Å²) in [6, 6.07) is 5.58. The zero-order valence-corrected chi connectivity index (χ0v) is 13.7. The number of carbonyl (C=O) groups excluding carboxylic acids is 3. The molecule has 2 amide bonds. The smallest absolute Gasteiger partial charge is 0.329 e. The van der Waals surface area contributed by atoms with E-state index in [9.17, 15) is 14.4 Å². The number of methoxy groups -OCH3 is 1. The Morgan fingerprint density at radius 1 is 1.09 bits per heavy atom. The first-order chi connectivity index (χ1) is 10.8. The average molecular weight is 322 g/mol. The summed E-state index contributed by atoms with van der Waals surface area (Å²) >= 11 is 0. The maximum absolute atomic E-state index is 12.2. The number of primary amides is 1. The molecule has 0 saturated heterocycles. The Bertz CT molecular complexity index is 568. The van der Waals surface area contributed by atoms with Crippen molar-refractivity contribution in [3.8, 4) is 5.75 Å². The van der Waals surface area contributed by atoms with Crippen LogP contribution in [-0.4, -0.2) is 37.0 Å². The minimum atomic E-state index is -1.05. The zero-order valence-electron chi connectivity index (χ0n) is 13.7. The van der Waals surface area contributed by atoms with E-state index in [-0.39, 0.29) is 5.92 Å². The number of amides is 2. The highest BCUT2D eigenvalue weighted by molar-refractivity contribution is 5.97. The highest BCUT2D eigenvalue weighted by Gasteiger charge is 2.28. The summed E-state index contributed by atoms with van der Waals surface area (Å²) in [5, 5.41) is 2.61. The Morgan fingerprint density at radius 2 is 1.65 bits per heavy atom. The third kappa shape index (κ3) is 5.28. The number of hydrogen-bond donors (Lipinski definition) is 2. The summed E-state index contributed by atoms with van der Waals surface area (Å²) < 4.78 is 9.98. The lowest BCUT2D eigenvalue weighted by molar-refractivity contribution is -0.156. The number of hydrogen-bond acceptors (Lipinski definition) is 5. The van der Waals surface area contributed by atoms with Crippen molar-refractivity contribution < 1.29 is 23.9 Å². The Morgan fingerprint density at radius 3 is 2.09 bits per heavy atom. The summed E-state index contributed by atoms with van der Waals surface area (Å²) in [6.45, 7) is 4.90. The first-order valence-electron chi connectivity index (χ1n) is 7.21. The fraction of sp³-hybridized carbons (Fsp3) is 0.438. The fourth-order valence-corrected chi connectivity index (χ4v) is 1.77. The maximum Gasteiger partial charge on any atom is 0.329 e. The number of esters is 1. The molecule has 2 atom stereocenters.